The van der Waals surface area contributed by atoms with Crippen LogP contribution in [0.5, 0.6) is 5.75 Å². The number of carbonyl (C=O) groups is 2. The molecule has 1 aromatic carbocycles. The van der Waals surface area contributed by atoms with Gasteiger partial charge in [0.05, 0.1) is 6.42 Å². The summed E-state index contributed by atoms with van der Waals surface area (Å²) in [7, 11) is 0. The van der Waals surface area contributed by atoms with Crippen molar-refractivity contribution in [3.8, 4) is 5.75 Å². The van der Waals surface area contributed by atoms with Gasteiger partial charge < -0.3 is 20.0 Å². The first-order valence-corrected chi connectivity index (χ1v) is 8.42. The zero-order valence-electron chi connectivity index (χ0n) is 14.3. The van der Waals surface area contributed by atoms with E-state index in [1.54, 1.807) is 18.2 Å². The Balaban J connectivity index is 1.90. The van der Waals surface area contributed by atoms with Crippen LogP contribution in [0.3, 0.4) is 0 Å². The lowest BCUT2D eigenvalue weighted by Crippen LogP contribution is -2.41. The lowest BCUT2D eigenvalue weighted by molar-refractivity contribution is -0.763. The Kier molecular flexibility index (Phi) is 6.76. The van der Waals surface area contributed by atoms with Crippen molar-refractivity contribution in [2.75, 3.05) is 6.54 Å². The van der Waals surface area contributed by atoms with Gasteiger partial charge in [-0.15, -0.1) is 10.1 Å². The molecular weight excluding hydrogens is 344 g/mol. The second-order valence-corrected chi connectivity index (χ2v) is 6.52. The molecule has 9 nitrogen and oxygen atoms in total. The van der Waals surface area contributed by atoms with Crippen molar-refractivity contribution in [3.05, 3.63) is 39.9 Å². The monoisotopic (exact) mass is 366 g/mol. The highest BCUT2D eigenvalue weighted by atomic mass is 16.9. The third kappa shape index (κ3) is 6.23. The summed E-state index contributed by atoms with van der Waals surface area (Å²) in [5, 5.41) is 21.1. The van der Waals surface area contributed by atoms with Crippen molar-refractivity contribution in [1.29, 1.82) is 0 Å². The van der Waals surface area contributed by atoms with Gasteiger partial charge in [-0.3, -0.25) is 4.79 Å². The van der Waals surface area contributed by atoms with Crippen LogP contribution >= 0.6 is 0 Å². The Labute approximate surface area is 150 Å². The highest BCUT2D eigenvalue weighted by Crippen LogP contribution is 2.38. The summed E-state index contributed by atoms with van der Waals surface area (Å²) in [6.45, 7) is -0.00417. The average Bonchev–Trinajstić information content (AvgIpc) is 2.59. The summed E-state index contributed by atoms with van der Waals surface area (Å²) in [6.07, 6.45) is 3.81. The van der Waals surface area contributed by atoms with Crippen molar-refractivity contribution in [3.63, 3.8) is 0 Å². The molecule has 0 atom stereocenters. The maximum atomic E-state index is 12.0. The SMILES string of the molecule is O=C(O)CC1(CNC(=O)Oc2cccc(CO[N+](=O)[O-])c2)CCCCC1. The van der Waals surface area contributed by atoms with E-state index in [1.165, 1.54) is 6.07 Å². The fourth-order valence-corrected chi connectivity index (χ4v) is 3.27. The number of amides is 1. The number of carboxylic acid groups (broad SMARTS) is 1. The van der Waals surface area contributed by atoms with E-state index in [4.69, 9.17) is 9.84 Å². The Morgan fingerprint density at radius 2 is 2.00 bits per heavy atom. The van der Waals surface area contributed by atoms with Gasteiger partial charge in [0.25, 0.3) is 5.09 Å². The summed E-state index contributed by atoms with van der Waals surface area (Å²) in [6, 6.07) is 6.21. The van der Waals surface area contributed by atoms with Crippen LogP contribution in [0.2, 0.25) is 0 Å². The second-order valence-electron chi connectivity index (χ2n) is 6.52. The molecule has 0 aliphatic heterocycles. The minimum absolute atomic E-state index is 0.0149. The van der Waals surface area contributed by atoms with Crippen LogP contribution in [-0.2, 0) is 16.2 Å². The third-order valence-corrected chi connectivity index (χ3v) is 4.49. The predicted octanol–water partition coefficient (Wildman–Crippen LogP) is 2.91. The summed E-state index contributed by atoms with van der Waals surface area (Å²) >= 11 is 0. The van der Waals surface area contributed by atoms with Gasteiger partial charge in [0, 0.05) is 6.54 Å². The molecule has 2 N–H and O–H groups in total. The summed E-state index contributed by atoms with van der Waals surface area (Å²) in [5.41, 5.74) is 0.0476. The smallest absolute Gasteiger partial charge is 0.412 e. The molecule has 1 fully saturated rings. The largest absolute Gasteiger partial charge is 0.481 e. The standard InChI is InChI=1S/C17H22N2O7/c20-15(21)10-17(7-2-1-3-8-17)12-18-16(22)26-14-6-4-5-13(9-14)11-25-19(23)24/h4-6,9H,1-3,7-8,10-12H2,(H,18,22)(H,20,21). The number of rotatable bonds is 8. The second kappa shape index (κ2) is 9.02. The van der Waals surface area contributed by atoms with Crippen LogP contribution in [0, 0.1) is 15.5 Å². The molecule has 0 heterocycles. The van der Waals surface area contributed by atoms with Crippen molar-refractivity contribution < 1.29 is 29.4 Å². The van der Waals surface area contributed by atoms with Gasteiger partial charge in [-0.05, 0) is 36.0 Å². The molecule has 9 heteroatoms. The lowest BCUT2D eigenvalue weighted by atomic mass is 9.72. The van der Waals surface area contributed by atoms with Crippen molar-refractivity contribution in [2.45, 2.75) is 45.1 Å². The quantitative estimate of drug-likeness (QED) is 0.534. The summed E-state index contributed by atoms with van der Waals surface area (Å²) in [5.74, 6) is -0.650. The van der Waals surface area contributed by atoms with Crippen LogP contribution in [0.25, 0.3) is 0 Å². The van der Waals surface area contributed by atoms with Crippen LogP contribution in [0.1, 0.15) is 44.1 Å². The van der Waals surface area contributed by atoms with Gasteiger partial charge in [-0.2, -0.15) is 0 Å². The van der Waals surface area contributed by atoms with Crippen LogP contribution in [0.4, 0.5) is 4.79 Å². The first kappa shape index (κ1) is 19.5. The molecule has 1 aliphatic rings. The first-order valence-electron chi connectivity index (χ1n) is 8.42. The van der Waals surface area contributed by atoms with Crippen molar-refractivity contribution in [2.24, 2.45) is 5.41 Å². The number of carboxylic acids is 1. The topological polar surface area (TPSA) is 128 Å². The van der Waals surface area contributed by atoms with E-state index in [9.17, 15) is 19.7 Å². The van der Waals surface area contributed by atoms with E-state index in [0.29, 0.717) is 5.56 Å². The minimum Gasteiger partial charge on any atom is -0.481 e. The first-order chi connectivity index (χ1) is 12.4. The molecule has 0 spiro atoms. The fourth-order valence-electron chi connectivity index (χ4n) is 3.27. The molecule has 2 rings (SSSR count). The Hall–Kier alpha value is -2.84. The van der Waals surface area contributed by atoms with Gasteiger partial charge in [0.15, 0.2) is 0 Å². The molecule has 0 saturated heterocycles. The highest BCUT2D eigenvalue weighted by molar-refractivity contribution is 5.71. The number of nitrogens with zero attached hydrogens (tertiary/aromatic N) is 1. The zero-order chi connectivity index (χ0) is 19.0. The van der Waals surface area contributed by atoms with Crippen molar-refractivity contribution >= 4 is 12.1 Å². The summed E-state index contributed by atoms with van der Waals surface area (Å²) in [4.78, 5) is 37.7. The molecule has 1 amide bonds. The molecule has 26 heavy (non-hydrogen) atoms. The average molecular weight is 366 g/mol. The molecular formula is C17H22N2O7. The summed E-state index contributed by atoms with van der Waals surface area (Å²) < 4.78 is 5.18. The van der Waals surface area contributed by atoms with Crippen LogP contribution in [-0.4, -0.2) is 28.8 Å². The molecule has 0 unspecified atom stereocenters. The molecule has 1 saturated carbocycles. The van der Waals surface area contributed by atoms with E-state index in [1.807, 2.05) is 0 Å². The van der Waals surface area contributed by atoms with E-state index in [0.717, 1.165) is 32.1 Å². The van der Waals surface area contributed by atoms with Gasteiger partial charge in [0.2, 0.25) is 0 Å². The normalized spacial score (nSPS) is 15.7. The fraction of sp³-hybridized carbons (Fsp3) is 0.529. The van der Waals surface area contributed by atoms with Crippen LogP contribution < -0.4 is 10.1 Å². The van der Waals surface area contributed by atoms with Gasteiger partial charge in [-0.1, -0.05) is 31.4 Å². The van der Waals surface area contributed by atoms with E-state index < -0.39 is 22.6 Å². The van der Waals surface area contributed by atoms with Crippen LogP contribution in [0.15, 0.2) is 24.3 Å². The number of nitrogens with one attached hydrogen (secondary N) is 1. The lowest BCUT2D eigenvalue weighted by Gasteiger charge is -2.36. The number of aliphatic carboxylic acids is 1. The third-order valence-electron chi connectivity index (χ3n) is 4.49. The molecule has 1 aromatic rings. The molecule has 0 aromatic heterocycles. The van der Waals surface area contributed by atoms with Gasteiger partial charge in [0.1, 0.15) is 12.4 Å². The Morgan fingerprint density at radius 3 is 2.65 bits per heavy atom. The Bertz CT molecular complexity index is 656. The number of hydrogen-bond donors (Lipinski definition) is 2. The maximum absolute atomic E-state index is 12.0. The van der Waals surface area contributed by atoms with Gasteiger partial charge in [-0.25, -0.2) is 4.79 Å². The number of hydrogen-bond acceptors (Lipinski definition) is 6. The molecule has 142 valence electrons. The highest BCUT2D eigenvalue weighted by Gasteiger charge is 2.34. The zero-order valence-corrected chi connectivity index (χ0v) is 14.3. The number of carbonyl (C=O) groups excluding carboxylic acids is 1. The van der Waals surface area contributed by atoms with Gasteiger partial charge >= 0.3 is 12.1 Å². The molecule has 0 radical (unpaired) electrons. The number of benzene rings is 1. The minimum atomic E-state index is -0.897. The predicted molar refractivity (Wildman–Crippen MR) is 90.0 cm³/mol. The van der Waals surface area contributed by atoms with E-state index >= 15 is 0 Å². The van der Waals surface area contributed by atoms with Crippen molar-refractivity contribution in [1.82, 2.24) is 5.32 Å². The molecule has 1 aliphatic carbocycles. The van der Waals surface area contributed by atoms with E-state index in [-0.39, 0.29) is 25.3 Å². The Morgan fingerprint density at radius 1 is 1.27 bits per heavy atom. The molecule has 0 bridgehead atoms. The van der Waals surface area contributed by atoms with E-state index in [2.05, 4.69) is 10.2 Å². The number of ether oxygens (including phenoxy) is 1. The maximum Gasteiger partial charge on any atom is 0.412 e.